The standard InChI is InChI=1S/C41H42N8O3/c1-25-33(5-3-7-35(25)46-39-37-29(9-13-42-39)17-27(19-44-37)21-48-15-11-31(23-48)41(51)52)34-6-4-8-36(26(34)2)47-40-38-30(10-14-43-40)18-28(20-45-38)22-49-16-12-32(50)24-49/h3-10,13-14,17-20,31-32,50H,11-12,15-16,21-24H2,1-2H3,(H,42,46)(H,43,47)(H,51,52)/t31-,32+/m1/s1. The lowest BCUT2D eigenvalue weighted by molar-refractivity contribution is -0.141. The monoisotopic (exact) mass is 694 g/mol. The molecule has 2 aliphatic rings. The van der Waals surface area contributed by atoms with Crippen LogP contribution in [0, 0.1) is 19.8 Å². The maximum atomic E-state index is 11.4. The van der Waals surface area contributed by atoms with Crippen LogP contribution in [-0.4, -0.2) is 78.2 Å². The van der Waals surface area contributed by atoms with E-state index in [4.69, 9.17) is 9.97 Å². The van der Waals surface area contributed by atoms with Crippen molar-refractivity contribution in [2.45, 2.75) is 45.9 Å². The molecule has 4 N–H and O–H groups in total. The Bertz CT molecular complexity index is 2300. The minimum absolute atomic E-state index is 0.243. The number of pyridine rings is 4. The van der Waals surface area contributed by atoms with Crippen LogP contribution >= 0.6 is 0 Å². The van der Waals surface area contributed by atoms with Crippen molar-refractivity contribution < 1.29 is 15.0 Å². The zero-order chi connectivity index (χ0) is 35.8. The topological polar surface area (TPSA) is 140 Å². The number of benzene rings is 2. The summed E-state index contributed by atoms with van der Waals surface area (Å²) in [5, 5.41) is 28.4. The Morgan fingerprint density at radius 3 is 1.73 bits per heavy atom. The third-order valence-electron chi connectivity index (χ3n) is 10.5. The van der Waals surface area contributed by atoms with Crippen LogP contribution in [0.2, 0.25) is 0 Å². The van der Waals surface area contributed by atoms with Gasteiger partial charge < -0.3 is 20.8 Å². The van der Waals surface area contributed by atoms with Gasteiger partial charge in [-0.1, -0.05) is 24.3 Å². The molecule has 0 bridgehead atoms. The second-order valence-electron chi connectivity index (χ2n) is 14.1. The van der Waals surface area contributed by atoms with Gasteiger partial charge in [-0.15, -0.1) is 0 Å². The van der Waals surface area contributed by atoms with E-state index in [1.807, 2.05) is 30.7 Å². The number of rotatable bonds is 10. The summed E-state index contributed by atoms with van der Waals surface area (Å²) in [6.07, 6.45) is 8.64. The highest BCUT2D eigenvalue weighted by atomic mass is 16.4. The molecule has 0 aliphatic carbocycles. The summed E-state index contributed by atoms with van der Waals surface area (Å²) in [5.74, 6) is 0.362. The van der Waals surface area contributed by atoms with E-state index >= 15 is 0 Å². The van der Waals surface area contributed by atoms with Gasteiger partial charge in [0.2, 0.25) is 0 Å². The predicted octanol–water partition coefficient (Wildman–Crippen LogP) is 6.82. The lowest BCUT2D eigenvalue weighted by Crippen LogP contribution is -2.22. The van der Waals surface area contributed by atoms with Crippen molar-refractivity contribution in [2.24, 2.45) is 5.92 Å². The highest BCUT2D eigenvalue weighted by Gasteiger charge is 2.28. The molecule has 6 aromatic rings. The largest absolute Gasteiger partial charge is 0.481 e. The van der Waals surface area contributed by atoms with Crippen LogP contribution in [0.1, 0.15) is 35.1 Å². The molecule has 0 radical (unpaired) electrons. The predicted molar refractivity (Wildman–Crippen MR) is 204 cm³/mol. The van der Waals surface area contributed by atoms with Crippen molar-refractivity contribution in [1.82, 2.24) is 29.7 Å². The number of aliphatic carboxylic acids is 1. The lowest BCUT2D eigenvalue weighted by atomic mass is 9.94. The number of carboxylic acids is 1. The molecule has 2 aliphatic heterocycles. The number of anilines is 4. The van der Waals surface area contributed by atoms with Crippen molar-refractivity contribution in [1.29, 1.82) is 0 Å². The third-order valence-corrected chi connectivity index (χ3v) is 10.5. The number of β-amino-alcohol motifs (C(OH)–C–C–N with tert-alkyl or cyclic N) is 1. The van der Waals surface area contributed by atoms with Crippen LogP contribution < -0.4 is 10.6 Å². The summed E-state index contributed by atoms with van der Waals surface area (Å²) >= 11 is 0. The average molecular weight is 695 g/mol. The van der Waals surface area contributed by atoms with Crippen LogP contribution in [0.3, 0.4) is 0 Å². The summed E-state index contributed by atoms with van der Waals surface area (Å²) in [5.41, 5.74) is 10.0. The van der Waals surface area contributed by atoms with Crippen molar-refractivity contribution in [3.8, 4) is 11.1 Å². The molecule has 4 aromatic heterocycles. The molecule has 2 fully saturated rings. The van der Waals surface area contributed by atoms with Gasteiger partial charge in [-0.3, -0.25) is 24.6 Å². The van der Waals surface area contributed by atoms with Crippen LogP contribution in [0.15, 0.2) is 85.5 Å². The molecule has 11 heteroatoms. The van der Waals surface area contributed by atoms with E-state index in [1.54, 1.807) is 6.20 Å². The van der Waals surface area contributed by atoms with Gasteiger partial charge in [0.05, 0.1) is 12.0 Å². The maximum absolute atomic E-state index is 11.4. The van der Waals surface area contributed by atoms with Gasteiger partial charge in [-0.25, -0.2) is 9.97 Å². The van der Waals surface area contributed by atoms with E-state index in [2.05, 4.69) is 92.8 Å². The minimum atomic E-state index is -0.721. The van der Waals surface area contributed by atoms with E-state index in [1.165, 1.54) is 0 Å². The van der Waals surface area contributed by atoms with Crippen molar-refractivity contribution >= 4 is 50.8 Å². The third kappa shape index (κ3) is 6.90. The molecular formula is C41H42N8O3. The minimum Gasteiger partial charge on any atom is -0.481 e. The molecule has 264 valence electrons. The average Bonchev–Trinajstić information content (AvgIpc) is 3.79. The molecule has 2 atom stereocenters. The molecular weight excluding hydrogens is 653 g/mol. The molecule has 11 nitrogen and oxygen atoms in total. The number of nitrogens with one attached hydrogen (secondary N) is 2. The zero-order valence-electron chi connectivity index (χ0n) is 29.4. The Morgan fingerprint density at radius 2 is 1.25 bits per heavy atom. The number of hydrogen-bond donors (Lipinski definition) is 4. The molecule has 2 saturated heterocycles. The highest BCUT2D eigenvalue weighted by Crippen LogP contribution is 2.36. The fourth-order valence-electron chi connectivity index (χ4n) is 7.60. The van der Waals surface area contributed by atoms with Crippen LogP contribution in [0.25, 0.3) is 32.9 Å². The first-order valence-corrected chi connectivity index (χ1v) is 17.9. The number of fused-ring (bicyclic) bond motifs is 2. The fourth-order valence-corrected chi connectivity index (χ4v) is 7.60. The summed E-state index contributed by atoms with van der Waals surface area (Å²) in [4.78, 5) is 34.8. The lowest BCUT2D eigenvalue weighted by Gasteiger charge is -2.18. The Morgan fingerprint density at radius 1 is 0.731 bits per heavy atom. The maximum Gasteiger partial charge on any atom is 0.307 e. The second kappa shape index (κ2) is 14.3. The number of aliphatic hydroxyl groups excluding tert-OH is 1. The van der Waals surface area contributed by atoms with Crippen molar-refractivity contribution in [3.05, 3.63) is 108 Å². The first kappa shape index (κ1) is 33.6. The van der Waals surface area contributed by atoms with Crippen LogP contribution in [0.4, 0.5) is 23.0 Å². The van der Waals surface area contributed by atoms with Gasteiger partial charge in [-0.05, 0) is 103 Å². The van der Waals surface area contributed by atoms with E-state index in [-0.39, 0.29) is 12.0 Å². The van der Waals surface area contributed by atoms with E-state index in [0.29, 0.717) is 37.7 Å². The molecule has 6 heterocycles. The quantitative estimate of drug-likeness (QED) is 0.120. The van der Waals surface area contributed by atoms with Gasteiger partial charge in [0.1, 0.15) is 11.0 Å². The van der Waals surface area contributed by atoms with Gasteiger partial charge in [0.15, 0.2) is 11.6 Å². The smallest absolute Gasteiger partial charge is 0.307 e. The number of carboxylic acid groups (broad SMARTS) is 1. The first-order chi connectivity index (χ1) is 25.3. The zero-order valence-corrected chi connectivity index (χ0v) is 29.4. The van der Waals surface area contributed by atoms with Gasteiger partial charge in [-0.2, -0.15) is 0 Å². The number of aromatic nitrogens is 4. The highest BCUT2D eigenvalue weighted by molar-refractivity contribution is 5.92. The fraction of sp³-hybridized carbons (Fsp3) is 0.293. The summed E-state index contributed by atoms with van der Waals surface area (Å²) in [7, 11) is 0. The molecule has 2 aromatic carbocycles. The summed E-state index contributed by atoms with van der Waals surface area (Å²) in [6.45, 7) is 8.61. The van der Waals surface area contributed by atoms with Gasteiger partial charge in [0.25, 0.3) is 0 Å². The number of carbonyl (C=O) groups is 1. The Balaban J connectivity index is 1.02. The van der Waals surface area contributed by atoms with Crippen molar-refractivity contribution in [3.63, 3.8) is 0 Å². The number of hydrogen-bond acceptors (Lipinski definition) is 10. The molecule has 52 heavy (non-hydrogen) atoms. The number of nitrogens with zero attached hydrogens (tertiary/aromatic N) is 6. The SMILES string of the molecule is Cc1c(Nc2nccc3cc(CN4CC[C@H](O)C4)cnc23)cccc1-c1cccc(Nc2nccc3cc(CN4CC[C@@H](C(=O)O)C4)cnc23)c1C. The van der Waals surface area contributed by atoms with E-state index < -0.39 is 5.97 Å². The Kier molecular flexibility index (Phi) is 9.23. The normalized spacial score (nSPS) is 18.0. The first-order valence-electron chi connectivity index (χ1n) is 17.9. The Labute approximate surface area is 302 Å². The van der Waals surface area contributed by atoms with Crippen molar-refractivity contribution in [2.75, 3.05) is 36.8 Å². The van der Waals surface area contributed by atoms with Crippen LogP contribution in [0.5, 0.6) is 0 Å². The second-order valence-corrected chi connectivity index (χ2v) is 14.1. The van der Waals surface area contributed by atoms with E-state index in [9.17, 15) is 15.0 Å². The summed E-state index contributed by atoms with van der Waals surface area (Å²) < 4.78 is 0. The molecule has 0 saturated carbocycles. The Hall–Kier alpha value is -5.49. The molecule has 0 unspecified atom stereocenters. The van der Waals surface area contributed by atoms with Gasteiger partial charge in [0, 0.05) is 79.7 Å². The number of likely N-dealkylation sites (tertiary alicyclic amines) is 2. The molecule has 8 rings (SSSR count). The summed E-state index contributed by atoms with van der Waals surface area (Å²) in [6, 6.07) is 20.8. The number of aliphatic hydroxyl groups is 1. The molecule has 0 spiro atoms. The molecule has 0 amide bonds. The van der Waals surface area contributed by atoms with Crippen LogP contribution in [-0.2, 0) is 17.9 Å². The van der Waals surface area contributed by atoms with Gasteiger partial charge >= 0.3 is 5.97 Å². The van der Waals surface area contributed by atoms with E-state index in [0.717, 1.165) is 92.6 Å².